The van der Waals surface area contributed by atoms with Gasteiger partial charge < -0.3 is 10.1 Å². The van der Waals surface area contributed by atoms with Crippen LogP contribution in [-0.4, -0.2) is 16.6 Å². The van der Waals surface area contributed by atoms with Crippen molar-refractivity contribution in [2.75, 3.05) is 5.32 Å². The molecule has 0 aliphatic heterocycles. The molecule has 5 nitrogen and oxygen atoms in total. The lowest BCUT2D eigenvalue weighted by Crippen LogP contribution is -2.30. The number of nitrogens with zero attached hydrogens (tertiary/aromatic N) is 1. The molecular formula is C19H19BrN2O3S. The number of amides is 1. The molecule has 0 bridgehead atoms. The van der Waals surface area contributed by atoms with Crippen LogP contribution >= 0.6 is 27.3 Å². The van der Waals surface area contributed by atoms with Gasteiger partial charge in [0.05, 0.1) is 10.2 Å². The number of nitrogens with one attached hydrogen (secondary N) is 1. The van der Waals surface area contributed by atoms with E-state index in [4.69, 9.17) is 4.74 Å². The van der Waals surface area contributed by atoms with Crippen LogP contribution in [0.25, 0.3) is 10.2 Å². The van der Waals surface area contributed by atoms with Crippen LogP contribution in [0.5, 0.6) is 5.75 Å². The van der Waals surface area contributed by atoms with Gasteiger partial charge in [0.2, 0.25) is 0 Å². The lowest BCUT2D eigenvalue weighted by Gasteiger charge is -2.15. The summed E-state index contributed by atoms with van der Waals surface area (Å²) in [6.07, 6.45) is -0.647. The summed E-state index contributed by atoms with van der Waals surface area (Å²) >= 11 is 4.54. The van der Waals surface area contributed by atoms with Gasteiger partial charge in [-0.05, 0) is 63.2 Å². The molecule has 0 saturated carbocycles. The third kappa shape index (κ3) is 3.99. The number of benzene rings is 2. The summed E-state index contributed by atoms with van der Waals surface area (Å²) in [4.78, 5) is 24.5. The number of fused-ring (bicyclic) bond motifs is 1. The van der Waals surface area contributed by atoms with Gasteiger partial charge in [-0.1, -0.05) is 27.3 Å². The summed E-state index contributed by atoms with van der Waals surface area (Å²) in [6.45, 7) is 5.65. The van der Waals surface area contributed by atoms with E-state index in [0.717, 1.165) is 14.7 Å². The maximum absolute atomic E-state index is 12.4. The Hall–Kier alpha value is -2.12. The fraction of sp³-hybridized carbons (Fsp3) is 0.263. The van der Waals surface area contributed by atoms with Gasteiger partial charge >= 0.3 is 4.87 Å². The molecule has 1 heterocycles. The van der Waals surface area contributed by atoms with E-state index in [1.807, 2.05) is 38.1 Å². The van der Waals surface area contributed by atoms with Crippen LogP contribution in [0.4, 0.5) is 5.69 Å². The van der Waals surface area contributed by atoms with E-state index in [1.165, 1.54) is 11.3 Å². The lowest BCUT2D eigenvalue weighted by atomic mass is 10.2. The number of aromatic nitrogens is 1. The van der Waals surface area contributed by atoms with E-state index >= 15 is 0 Å². The first-order valence-electron chi connectivity index (χ1n) is 8.23. The highest BCUT2D eigenvalue weighted by atomic mass is 79.9. The van der Waals surface area contributed by atoms with E-state index in [0.29, 0.717) is 11.4 Å². The number of hydrogen-bond donors (Lipinski definition) is 1. The van der Waals surface area contributed by atoms with E-state index in [-0.39, 0.29) is 16.8 Å². The fourth-order valence-electron chi connectivity index (χ4n) is 2.62. The Morgan fingerprint density at radius 2 is 1.85 bits per heavy atom. The molecular weight excluding hydrogens is 416 g/mol. The summed E-state index contributed by atoms with van der Waals surface area (Å²) in [5, 5.41) is 2.85. The number of thiazole rings is 1. The van der Waals surface area contributed by atoms with Crippen LogP contribution in [0, 0.1) is 0 Å². The van der Waals surface area contributed by atoms with Crippen molar-refractivity contribution in [2.45, 2.75) is 32.9 Å². The second-order valence-corrected chi connectivity index (χ2v) is 8.13. The van der Waals surface area contributed by atoms with E-state index in [9.17, 15) is 9.59 Å². The highest BCUT2D eigenvalue weighted by Gasteiger charge is 2.16. The predicted molar refractivity (Wildman–Crippen MR) is 109 cm³/mol. The molecule has 3 aromatic rings. The minimum absolute atomic E-state index is 0.00502. The van der Waals surface area contributed by atoms with Crippen molar-refractivity contribution >= 4 is 49.1 Å². The molecule has 0 radical (unpaired) electrons. The Kier molecular flexibility index (Phi) is 5.48. The number of halogens is 1. The highest BCUT2D eigenvalue weighted by molar-refractivity contribution is 9.10. The number of carbonyl (C=O) groups is 1. The fourth-order valence-corrected chi connectivity index (χ4v) is 3.93. The first-order chi connectivity index (χ1) is 12.3. The molecule has 1 amide bonds. The second-order valence-electron chi connectivity index (χ2n) is 6.22. The SMILES string of the molecule is CC(C)n1c(=O)sc2cc(NC(=O)[C@H](C)Oc3ccc(Br)cc3)ccc21. The Morgan fingerprint density at radius 1 is 1.15 bits per heavy atom. The Morgan fingerprint density at radius 3 is 2.50 bits per heavy atom. The van der Waals surface area contributed by atoms with Crippen molar-refractivity contribution in [1.29, 1.82) is 0 Å². The second kappa shape index (κ2) is 7.63. The average molecular weight is 435 g/mol. The Labute approximate surface area is 163 Å². The van der Waals surface area contributed by atoms with Gasteiger partial charge in [0, 0.05) is 16.2 Å². The zero-order chi connectivity index (χ0) is 18.8. The molecule has 0 saturated heterocycles. The van der Waals surface area contributed by atoms with Gasteiger partial charge in [0.15, 0.2) is 6.10 Å². The summed E-state index contributed by atoms with van der Waals surface area (Å²) in [6, 6.07) is 12.9. The molecule has 0 spiro atoms. The molecule has 2 aromatic carbocycles. The largest absolute Gasteiger partial charge is 0.481 e. The zero-order valence-electron chi connectivity index (χ0n) is 14.7. The molecule has 0 aliphatic rings. The van der Waals surface area contributed by atoms with Crippen LogP contribution < -0.4 is 14.9 Å². The van der Waals surface area contributed by atoms with Gasteiger partial charge in [-0.3, -0.25) is 14.2 Å². The van der Waals surface area contributed by atoms with Gasteiger partial charge in [-0.25, -0.2) is 0 Å². The monoisotopic (exact) mass is 434 g/mol. The van der Waals surface area contributed by atoms with Crippen molar-refractivity contribution in [1.82, 2.24) is 4.57 Å². The number of hydrogen-bond acceptors (Lipinski definition) is 4. The number of carbonyl (C=O) groups excluding carboxylic acids is 1. The standard InChI is InChI=1S/C19H19BrN2O3S/c1-11(2)22-16-9-6-14(10-17(16)26-19(22)24)21-18(23)12(3)25-15-7-4-13(20)5-8-15/h4-12H,1-3H3,(H,21,23)/t12-/m0/s1. The van der Waals surface area contributed by atoms with Crippen molar-refractivity contribution < 1.29 is 9.53 Å². The van der Waals surface area contributed by atoms with Gasteiger partial charge in [0.1, 0.15) is 5.75 Å². The molecule has 7 heteroatoms. The maximum Gasteiger partial charge on any atom is 0.308 e. The first-order valence-corrected chi connectivity index (χ1v) is 9.84. The smallest absolute Gasteiger partial charge is 0.308 e. The van der Waals surface area contributed by atoms with Crippen molar-refractivity contribution in [3.8, 4) is 5.75 Å². The molecule has 1 aromatic heterocycles. The van der Waals surface area contributed by atoms with Gasteiger partial charge in [-0.15, -0.1) is 0 Å². The van der Waals surface area contributed by atoms with Crippen molar-refractivity contribution in [3.05, 3.63) is 56.6 Å². The molecule has 0 unspecified atom stereocenters. The van der Waals surface area contributed by atoms with Crippen LogP contribution in [0.2, 0.25) is 0 Å². The maximum atomic E-state index is 12.4. The van der Waals surface area contributed by atoms with Crippen molar-refractivity contribution in [2.24, 2.45) is 0 Å². The third-order valence-corrected chi connectivity index (χ3v) is 5.34. The topological polar surface area (TPSA) is 60.3 Å². The van der Waals surface area contributed by atoms with Gasteiger partial charge in [-0.2, -0.15) is 0 Å². The van der Waals surface area contributed by atoms with Crippen LogP contribution in [0.1, 0.15) is 26.8 Å². The molecule has 0 aliphatic carbocycles. The lowest BCUT2D eigenvalue weighted by molar-refractivity contribution is -0.122. The summed E-state index contributed by atoms with van der Waals surface area (Å²) < 4.78 is 9.21. The predicted octanol–water partition coefficient (Wildman–Crippen LogP) is 4.81. The Bertz CT molecular complexity index is 992. The van der Waals surface area contributed by atoms with E-state index in [1.54, 1.807) is 29.7 Å². The van der Waals surface area contributed by atoms with Crippen LogP contribution in [0.3, 0.4) is 0 Å². The highest BCUT2D eigenvalue weighted by Crippen LogP contribution is 2.24. The number of anilines is 1. The molecule has 136 valence electrons. The normalized spacial score (nSPS) is 12.3. The molecule has 26 heavy (non-hydrogen) atoms. The molecule has 3 rings (SSSR count). The zero-order valence-corrected chi connectivity index (χ0v) is 17.1. The molecule has 1 N–H and O–H groups in total. The van der Waals surface area contributed by atoms with Crippen molar-refractivity contribution in [3.63, 3.8) is 0 Å². The van der Waals surface area contributed by atoms with Crippen LogP contribution in [-0.2, 0) is 4.79 Å². The minimum Gasteiger partial charge on any atom is -0.481 e. The minimum atomic E-state index is -0.647. The molecule has 0 fully saturated rings. The summed E-state index contributed by atoms with van der Waals surface area (Å²) in [5.74, 6) is 0.376. The molecule has 1 atom stereocenters. The quantitative estimate of drug-likeness (QED) is 0.626. The first kappa shape index (κ1) is 18.7. The average Bonchev–Trinajstić information content (AvgIpc) is 2.92. The number of rotatable bonds is 5. The van der Waals surface area contributed by atoms with E-state index in [2.05, 4.69) is 21.2 Å². The Balaban J connectivity index is 1.74. The van der Waals surface area contributed by atoms with E-state index < -0.39 is 6.10 Å². The van der Waals surface area contributed by atoms with Gasteiger partial charge in [0.25, 0.3) is 5.91 Å². The number of ether oxygens (including phenoxy) is 1. The van der Waals surface area contributed by atoms with Crippen LogP contribution in [0.15, 0.2) is 51.7 Å². The summed E-state index contributed by atoms with van der Waals surface area (Å²) in [7, 11) is 0. The summed E-state index contributed by atoms with van der Waals surface area (Å²) in [5.41, 5.74) is 1.53. The third-order valence-electron chi connectivity index (χ3n) is 3.89.